The number of aromatic amines is 1. The van der Waals surface area contributed by atoms with Crippen LogP contribution in [0.5, 0.6) is 0 Å². The SMILES string of the molecule is CCN1CCN(c2ccc(NC(=O)c3[nH]c(C)c(C(=O)OC)c3C)cc2C)CC1. The Morgan fingerprint density at radius 1 is 1.14 bits per heavy atom. The molecule has 0 atom stereocenters. The number of rotatable bonds is 5. The molecule has 0 saturated carbocycles. The number of amides is 1. The van der Waals surface area contributed by atoms with E-state index in [4.69, 9.17) is 4.74 Å². The molecule has 1 aromatic heterocycles. The van der Waals surface area contributed by atoms with Crippen molar-refractivity contribution in [2.45, 2.75) is 27.7 Å². The number of aromatic nitrogens is 1. The summed E-state index contributed by atoms with van der Waals surface area (Å²) in [5, 5.41) is 2.93. The average molecular weight is 399 g/mol. The van der Waals surface area contributed by atoms with E-state index in [9.17, 15) is 9.59 Å². The Balaban J connectivity index is 1.74. The van der Waals surface area contributed by atoms with Crippen molar-refractivity contribution in [3.05, 3.63) is 46.3 Å². The number of carbonyl (C=O) groups is 2. The van der Waals surface area contributed by atoms with E-state index >= 15 is 0 Å². The van der Waals surface area contributed by atoms with E-state index in [2.05, 4.69) is 40.0 Å². The molecule has 1 amide bonds. The third-order valence-electron chi connectivity index (χ3n) is 5.67. The third kappa shape index (κ3) is 4.29. The number of likely N-dealkylation sites (N-methyl/N-ethyl adjacent to an activating group) is 1. The highest BCUT2D eigenvalue weighted by atomic mass is 16.5. The third-order valence-corrected chi connectivity index (χ3v) is 5.67. The minimum absolute atomic E-state index is 0.274. The Labute approximate surface area is 172 Å². The number of methoxy groups -OCH3 is 1. The van der Waals surface area contributed by atoms with E-state index < -0.39 is 5.97 Å². The minimum atomic E-state index is -0.446. The van der Waals surface area contributed by atoms with Gasteiger partial charge in [0.2, 0.25) is 0 Å². The second-order valence-corrected chi connectivity index (χ2v) is 7.49. The van der Waals surface area contributed by atoms with Gasteiger partial charge in [-0.3, -0.25) is 4.79 Å². The van der Waals surface area contributed by atoms with Gasteiger partial charge in [-0.25, -0.2) is 4.79 Å². The van der Waals surface area contributed by atoms with E-state index in [0.29, 0.717) is 22.5 Å². The van der Waals surface area contributed by atoms with Crippen LogP contribution in [0.2, 0.25) is 0 Å². The molecule has 7 heteroatoms. The predicted molar refractivity (Wildman–Crippen MR) is 115 cm³/mol. The minimum Gasteiger partial charge on any atom is -0.465 e. The van der Waals surface area contributed by atoms with Gasteiger partial charge in [0.05, 0.1) is 12.7 Å². The van der Waals surface area contributed by atoms with Crippen molar-refractivity contribution in [1.82, 2.24) is 9.88 Å². The maximum atomic E-state index is 12.8. The number of piperazine rings is 1. The lowest BCUT2D eigenvalue weighted by atomic mass is 10.1. The second kappa shape index (κ2) is 8.69. The number of benzene rings is 1. The van der Waals surface area contributed by atoms with Crippen LogP contribution >= 0.6 is 0 Å². The molecular weight excluding hydrogens is 368 g/mol. The van der Waals surface area contributed by atoms with Gasteiger partial charge in [-0.05, 0) is 56.6 Å². The lowest BCUT2D eigenvalue weighted by Gasteiger charge is -2.36. The van der Waals surface area contributed by atoms with Crippen molar-refractivity contribution < 1.29 is 14.3 Å². The first-order valence-electron chi connectivity index (χ1n) is 10.0. The Kier molecular flexibility index (Phi) is 6.27. The van der Waals surface area contributed by atoms with Crippen LogP contribution in [0.4, 0.5) is 11.4 Å². The first-order chi connectivity index (χ1) is 13.8. The van der Waals surface area contributed by atoms with Gasteiger partial charge in [0.1, 0.15) is 5.69 Å². The average Bonchev–Trinajstić information content (AvgIpc) is 3.02. The fourth-order valence-corrected chi connectivity index (χ4v) is 3.97. The Bertz CT molecular complexity index is 911. The number of ether oxygens (including phenoxy) is 1. The summed E-state index contributed by atoms with van der Waals surface area (Å²) in [6.07, 6.45) is 0. The molecule has 0 spiro atoms. The quantitative estimate of drug-likeness (QED) is 0.757. The van der Waals surface area contributed by atoms with Gasteiger partial charge < -0.3 is 24.8 Å². The van der Waals surface area contributed by atoms with E-state index in [1.54, 1.807) is 13.8 Å². The van der Waals surface area contributed by atoms with Crippen molar-refractivity contribution in [3.63, 3.8) is 0 Å². The number of carbonyl (C=O) groups excluding carboxylic acids is 2. The van der Waals surface area contributed by atoms with Crippen molar-refractivity contribution in [1.29, 1.82) is 0 Å². The first kappa shape index (κ1) is 20.9. The highest BCUT2D eigenvalue weighted by Gasteiger charge is 2.23. The highest BCUT2D eigenvalue weighted by molar-refractivity contribution is 6.07. The lowest BCUT2D eigenvalue weighted by Crippen LogP contribution is -2.46. The number of hydrogen-bond acceptors (Lipinski definition) is 5. The van der Waals surface area contributed by atoms with Gasteiger partial charge >= 0.3 is 5.97 Å². The van der Waals surface area contributed by atoms with Crippen LogP contribution in [-0.4, -0.2) is 61.6 Å². The number of nitrogens with zero attached hydrogens (tertiary/aromatic N) is 2. The van der Waals surface area contributed by atoms with Crippen molar-refractivity contribution >= 4 is 23.3 Å². The molecule has 2 N–H and O–H groups in total. The molecule has 1 saturated heterocycles. The second-order valence-electron chi connectivity index (χ2n) is 7.49. The summed E-state index contributed by atoms with van der Waals surface area (Å²) in [4.78, 5) is 32.6. The maximum Gasteiger partial charge on any atom is 0.339 e. The molecule has 0 bridgehead atoms. The van der Waals surface area contributed by atoms with E-state index in [1.165, 1.54) is 12.8 Å². The largest absolute Gasteiger partial charge is 0.465 e. The van der Waals surface area contributed by atoms with Crippen LogP contribution in [0, 0.1) is 20.8 Å². The molecule has 1 aliphatic heterocycles. The number of nitrogens with one attached hydrogen (secondary N) is 2. The molecule has 29 heavy (non-hydrogen) atoms. The summed E-state index contributed by atoms with van der Waals surface area (Å²) in [5.41, 5.74) is 5.07. The van der Waals surface area contributed by atoms with E-state index in [1.807, 2.05) is 12.1 Å². The fraction of sp³-hybridized carbons (Fsp3) is 0.455. The summed E-state index contributed by atoms with van der Waals surface area (Å²) >= 11 is 0. The van der Waals surface area contributed by atoms with E-state index in [-0.39, 0.29) is 5.91 Å². The molecule has 7 nitrogen and oxygen atoms in total. The first-order valence-corrected chi connectivity index (χ1v) is 10.0. The normalized spacial score (nSPS) is 14.7. The monoisotopic (exact) mass is 398 g/mol. The summed E-state index contributed by atoms with van der Waals surface area (Å²) in [5.74, 6) is -0.719. The van der Waals surface area contributed by atoms with Crippen LogP contribution < -0.4 is 10.2 Å². The molecule has 1 aromatic carbocycles. The number of H-pyrrole nitrogens is 1. The Morgan fingerprint density at radius 2 is 1.83 bits per heavy atom. The number of anilines is 2. The lowest BCUT2D eigenvalue weighted by molar-refractivity contribution is 0.0599. The molecular formula is C22H30N4O3. The zero-order valence-electron chi connectivity index (χ0n) is 17.9. The number of aryl methyl sites for hydroxylation is 2. The summed E-state index contributed by atoms with van der Waals surface area (Å²) in [7, 11) is 1.33. The van der Waals surface area contributed by atoms with Gasteiger partial charge in [-0.1, -0.05) is 6.92 Å². The van der Waals surface area contributed by atoms with Gasteiger partial charge in [0, 0.05) is 43.2 Å². The molecule has 1 fully saturated rings. The summed E-state index contributed by atoms with van der Waals surface area (Å²) in [6.45, 7) is 13.0. The van der Waals surface area contributed by atoms with Crippen LogP contribution in [0.25, 0.3) is 0 Å². The van der Waals surface area contributed by atoms with Crippen LogP contribution in [0.3, 0.4) is 0 Å². The van der Waals surface area contributed by atoms with Crippen molar-refractivity contribution in [3.8, 4) is 0 Å². The maximum absolute atomic E-state index is 12.8. The topological polar surface area (TPSA) is 77.7 Å². The van der Waals surface area contributed by atoms with Gasteiger partial charge in [0.15, 0.2) is 0 Å². The number of hydrogen-bond donors (Lipinski definition) is 2. The van der Waals surface area contributed by atoms with E-state index in [0.717, 1.165) is 44.0 Å². The van der Waals surface area contributed by atoms with Gasteiger partial charge in [-0.2, -0.15) is 0 Å². The molecule has 3 rings (SSSR count). The van der Waals surface area contributed by atoms with Crippen molar-refractivity contribution in [2.75, 3.05) is 50.1 Å². The molecule has 1 aliphatic rings. The zero-order valence-corrected chi connectivity index (χ0v) is 17.9. The zero-order chi connectivity index (χ0) is 21.1. The molecule has 0 aliphatic carbocycles. The van der Waals surface area contributed by atoms with Crippen molar-refractivity contribution in [2.24, 2.45) is 0 Å². The molecule has 2 heterocycles. The number of esters is 1. The fourth-order valence-electron chi connectivity index (χ4n) is 3.97. The Morgan fingerprint density at radius 3 is 2.41 bits per heavy atom. The smallest absolute Gasteiger partial charge is 0.339 e. The van der Waals surface area contributed by atoms with Crippen LogP contribution in [0.15, 0.2) is 18.2 Å². The Hall–Kier alpha value is -2.80. The van der Waals surface area contributed by atoms with Crippen LogP contribution in [0.1, 0.15) is 44.6 Å². The molecule has 2 aromatic rings. The summed E-state index contributed by atoms with van der Waals surface area (Å²) < 4.78 is 4.81. The molecule has 156 valence electrons. The standard InChI is InChI=1S/C22H30N4O3/c1-6-25-9-11-26(12-10-25)18-8-7-17(13-14(18)2)24-21(27)20-15(3)19(16(4)23-20)22(28)29-5/h7-8,13,23H,6,9-12H2,1-5H3,(H,24,27). The highest BCUT2D eigenvalue weighted by Crippen LogP contribution is 2.26. The predicted octanol–water partition coefficient (Wildman–Crippen LogP) is 3.12. The van der Waals surface area contributed by atoms with Crippen LogP contribution in [-0.2, 0) is 4.74 Å². The van der Waals surface area contributed by atoms with Gasteiger partial charge in [-0.15, -0.1) is 0 Å². The molecule has 0 unspecified atom stereocenters. The molecule has 0 radical (unpaired) electrons. The summed E-state index contributed by atoms with van der Waals surface area (Å²) in [6, 6.07) is 5.99. The van der Waals surface area contributed by atoms with Gasteiger partial charge in [0.25, 0.3) is 5.91 Å².